The third-order valence-electron chi connectivity index (χ3n) is 2.24. The molecular formula is C11H17N3OS. The van der Waals surface area contributed by atoms with E-state index in [1.807, 2.05) is 20.8 Å². The molecule has 1 heterocycles. The van der Waals surface area contributed by atoms with Crippen molar-refractivity contribution in [1.82, 2.24) is 15.3 Å². The summed E-state index contributed by atoms with van der Waals surface area (Å²) in [6.45, 7) is 6.07. The molecule has 0 radical (unpaired) electrons. The molecule has 0 aliphatic carbocycles. The van der Waals surface area contributed by atoms with E-state index in [1.165, 1.54) is 11.8 Å². The van der Waals surface area contributed by atoms with Crippen molar-refractivity contribution in [3.05, 3.63) is 18.5 Å². The van der Waals surface area contributed by atoms with Gasteiger partial charge in [0.05, 0.1) is 5.75 Å². The molecule has 0 atom stereocenters. The Balaban J connectivity index is 2.36. The van der Waals surface area contributed by atoms with Gasteiger partial charge >= 0.3 is 0 Å². The van der Waals surface area contributed by atoms with Crippen LogP contribution < -0.4 is 5.32 Å². The van der Waals surface area contributed by atoms with Gasteiger partial charge in [-0.15, -0.1) is 0 Å². The van der Waals surface area contributed by atoms with Crippen LogP contribution in [0.5, 0.6) is 0 Å². The predicted octanol–water partition coefficient (Wildman–Crippen LogP) is 1.87. The highest BCUT2D eigenvalue weighted by Crippen LogP contribution is 2.12. The summed E-state index contributed by atoms with van der Waals surface area (Å²) >= 11 is 1.35. The summed E-state index contributed by atoms with van der Waals surface area (Å²) in [5, 5.41) is 3.59. The van der Waals surface area contributed by atoms with Gasteiger partial charge in [-0.3, -0.25) is 4.79 Å². The molecular weight excluding hydrogens is 222 g/mol. The molecule has 1 aromatic heterocycles. The molecule has 0 saturated heterocycles. The van der Waals surface area contributed by atoms with Gasteiger partial charge in [0.25, 0.3) is 0 Å². The van der Waals surface area contributed by atoms with Crippen LogP contribution in [0, 0.1) is 0 Å². The Bertz CT molecular complexity index is 340. The van der Waals surface area contributed by atoms with Crippen molar-refractivity contribution >= 4 is 17.7 Å². The van der Waals surface area contributed by atoms with E-state index in [9.17, 15) is 4.79 Å². The van der Waals surface area contributed by atoms with Crippen LogP contribution in [0.25, 0.3) is 0 Å². The molecule has 0 bridgehead atoms. The summed E-state index contributed by atoms with van der Waals surface area (Å²) in [7, 11) is 0. The van der Waals surface area contributed by atoms with Crippen molar-refractivity contribution < 1.29 is 4.79 Å². The van der Waals surface area contributed by atoms with Gasteiger partial charge in [0.1, 0.15) is 0 Å². The van der Waals surface area contributed by atoms with Crippen LogP contribution >= 0.6 is 11.8 Å². The van der Waals surface area contributed by atoms with Gasteiger partial charge < -0.3 is 5.32 Å². The summed E-state index contributed by atoms with van der Waals surface area (Å²) in [6.07, 6.45) is 4.25. The van der Waals surface area contributed by atoms with Gasteiger partial charge in [-0.25, -0.2) is 9.97 Å². The van der Waals surface area contributed by atoms with Crippen molar-refractivity contribution in [2.24, 2.45) is 0 Å². The highest BCUT2D eigenvalue weighted by Gasteiger charge is 2.17. The SMILES string of the molecule is CCC(C)(C)NC(=O)CSc1ncccn1. The van der Waals surface area contributed by atoms with E-state index in [2.05, 4.69) is 15.3 Å². The molecule has 1 rings (SSSR count). The summed E-state index contributed by atoms with van der Waals surface area (Å²) in [5.41, 5.74) is -0.144. The van der Waals surface area contributed by atoms with E-state index in [-0.39, 0.29) is 11.4 Å². The number of rotatable bonds is 5. The molecule has 88 valence electrons. The number of aromatic nitrogens is 2. The van der Waals surface area contributed by atoms with E-state index in [4.69, 9.17) is 0 Å². The Morgan fingerprint density at radius 2 is 2.06 bits per heavy atom. The summed E-state index contributed by atoms with van der Waals surface area (Å²) in [5.74, 6) is 0.372. The maximum absolute atomic E-state index is 11.6. The van der Waals surface area contributed by atoms with E-state index < -0.39 is 0 Å². The van der Waals surface area contributed by atoms with Crippen LogP contribution in [-0.4, -0.2) is 27.2 Å². The van der Waals surface area contributed by atoms with E-state index in [0.717, 1.165) is 6.42 Å². The molecule has 1 aromatic rings. The molecule has 0 unspecified atom stereocenters. The average molecular weight is 239 g/mol. The third-order valence-corrected chi connectivity index (χ3v) is 3.11. The Morgan fingerprint density at radius 1 is 1.44 bits per heavy atom. The van der Waals surface area contributed by atoms with Crippen molar-refractivity contribution in [1.29, 1.82) is 0 Å². The van der Waals surface area contributed by atoms with Crippen LogP contribution in [0.2, 0.25) is 0 Å². The smallest absolute Gasteiger partial charge is 0.230 e. The lowest BCUT2D eigenvalue weighted by atomic mass is 10.0. The fraction of sp³-hybridized carbons (Fsp3) is 0.545. The van der Waals surface area contributed by atoms with Crippen LogP contribution in [0.15, 0.2) is 23.6 Å². The second kappa shape index (κ2) is 5.84. The van der Waals surface area contributed by atoms with Gasteiger partial charge in [0, 0.05) is 17.9 Å². The highest BCUT2D eigenvalue weighted by molar-refractivity contribution is 7.99. The first-order valence-electron chi connectivity index (χ1n) is 5.24. The average Bonchev–Trinajstić information content (AvgIpc) is 2.27. The summed E-state index contributed by atoms with van der Waals surface area (Å²) < 4.78 is 0. The number of thioether (sulfide) groups is 1. The first-order chi connectivity index (χ1) is 7.53. The van der Waals surface area contributed by atoms with Crippen molar-refractivity contribution in [3.63, 3.8) is 0 Å². The van der Waals surface area contributed by atoms with Gasteiger partial charge in [0.15, 0.2) is 5.16 Å². The van der Waals surface area contributed by atoms with E-state index in [0.29, 0.717) is 10.9 Å². The normalized spacial score (nSPS) is 11.2. The number of nitrogens with one attached hydrogen (secondary N) is 1. The second-order valence-corrected chi connectivity index (χ2v) is 5.05. The van der Waals surface area contributed by atoms with Crippen molar-refractivity contribution in [2.45, 2.75) is 37.9 Å². The highest BCUT2D eigenvalue weighted by atomic mass is 32.2. The molecule has 0 spiro atoms. The van der Waals surface area contributed by atoms with Gasteiger partial charge in [-0.05, 0) is 26.3 Å². The van der Waals surface area contributed by atoms with Gasteiger partial charge in [-0.1, -0.05) is 18.7 Å². The van der Waals surface area contributed by atoms with Crippen molar-refractivity contribution in [3.8, 4) is 0 Å². The zero-order valence-electron chi connectivity index (χ0n) is 9.86. The predicted molar refractivity (Wildman–Crippen MR) is 65.3 cm³/mol. The molecule has 0 aliphatic heterocycles. The zero-order chi connectivity index (χ0) is 12.0. The number of carbonyl (C=O) groups excluding carboxylic acids is 1. The Kier molecular flexibility index (Phi) is 4.73. The summed E-state index contributed by atoms with van der Waals surface area (Å²) in [4.78, 5) is 19.7. The number of amides is 1. The maximum Gasteiger partial charge on any atom is 0.230 e. The molecule has 0 saturated carbocycles. The Labute approximate surface area is 100 Å². The first-order valence-corrected chi connectivity index (χ1v) is 6.23. The minimum absolute atomic E-state index is 0.0179. The number of hydrogen-bond donors (Lipinski definition) is 1. The topological polar surface area (TPSA) is 54.9 Å². The quantitative estimate of drug-likeness (QED) is 0.629. The molecule has 1 amide bonds. The second-order valence-electron chi connectivity index (χ2n) is 4.11. The molecule has 1 N–H and O–H groups in total. The lowest BCUT2D eigenvalue weighted by Crippen LogP contribution is -2.43. The van der Waals surface area contributed by atoms with Crippen LogP contribution in [0.3, 0.4) is 0 Å². The molecule has 16 heavy (non-hydrogen) atoms. The van der Waals surface area contributed by atoms with Crippen LogP contribution in [0.1, 0.15) is 27.2 Å². The van der Waals surface area contributed by atoms with Crippen molar-refractivity contribution in [2.75, 3.05) is 5.75 Å². The van der Waals surface area contributed by atoms with Crippen LogP contribution in [-0.2, 0) is 4.79 Å². The minimum atomic E-state index is -0.144. The van der Waals surface area contributed by atoms with Gasteiger partial charge in [0.2, 0.25) is 5.91 Å². The number of hydrogen-bond acceptors (Lipinski definition) is 4. The molecule has 4 nitrogen and oxygen atoms in total. The Hall–Kier alpha value is -1.10. The fourth-order valence-electron chi connectivity index (χ4n) is 0.992. The standard InChI is InChI=1S/C11H17N3OS/c1-4-11(2,3)14-9(15)8-16-10-12-6-5-7-13-10/h5-7H,4,8H2,1-3H3,(H,14,15). The number of carbonyl (C=O) groups is 1. The molecule has 0 aromatic carbocycles. The number of nitrogens with zero attached hydrogens (tertiary/aromatic N) is 2. The van der Waals surface area contributed by atoms with E-state index in [1.54, 1.807) is 18.5 Å². The maximum atomic E-state index is 11.6. The molecule has 0 aliphatic rings. The fourth-order valence-corrected chi connectivity index (χ4v) is 1.60. The third kappa shape index (κ3) is 4.61. The first kappa shape index (κ1) is 13.0. The lowest BCUT2D eigenvalue weighted by Gasteiger charge is -2.24. The Morgan fingerprint density at radius 3 is 2.62 bits per heavy atom. The summed E-state index contributed by atoms with van der Waals surface area (Å²) in [6, 6.07) is 1.75. The lowest BCUT2D eigenvalue weighted by molar-refractivity contribution is -0.120. The largest absolute Gasteiger partial charge is 0.351 e. The minimum Gasteiger partial charge on any atom is -0.351 e. The monoisotopic (exact) mass is 239 g/mol. The zero-order valence-corrected chi connectivity index (χ0v) is 10.7. The molecule has 5 heteroatoms. The van der Waals surface area contributed by atoms with E-state index >= 15 is 0 Å². The van der Waals surface area contributed by atoms with Crippen LogP contribution in [0.4, 0.5) is 0 Å². The van der Waals surface area contributed by atoms with Gasteiger partial charge in [-0.2, -0.15) is 0 Å². The molecule has 0 fully saturated rings.